The zero-order chi connectivity index (χ0) is 24.3. The molecule has 2 aromatic carbocycles. The highest BCUT2D eigenvalue weighted by molar-refractivity contribution is 7.99. The lowest BCUT2D eigenvalue weighted by Gasteiger charge is -2.14. The number of hydrogen-bond acceptors (Lipinski definition) is 5. The number of hydrogen-bond donors (Lipinski definition) is 2. The van der Waals surface area contributed by atoms with Crippen LogP contribution in [0.5, 0.6) is 0 Å². The van der Waals surface area contributed by atoms with Crippen LogP contribution in [0.3, 0.4) is 0 Å². The van der Waals surface area contributed by atoms with Crippen molar-refractivity contribution in [2.24, 2.45) is 7.05 Å². The summed E-state index contributed by atoms with van der Waals surface area (Å²) in [5.41, 5.74) is 4.44. The van der Waals surface area contributed by atoms with E-state index in [1.807, 2.05) is 39.8 Å². The zero-order valence-corrected chi connectivity index (χ0v) is 21.3. The number of carbonyl (C=O) groups excluding carboxylic acids is 2. The first-order chi connectivity index (χ1) is 15.6. The van der Waals surface area contributed by atoms with Crippen LogP contribution in [0.1, 0.15) is 45.8 Å². The summed E-state index contributed by atoms with van der Waals surface area (Å²) in [6.07, 6.45) is 0. The van der Waals surface area contributed by atoms with Gasteiger partial charge >= 0.3 is 0 Å². The molecule has 33 heavy (non-hydrogen) atoms. The number of nitrogens with one attached hydrogen (secondary N) is 2. The fourth-order valence-electron chi connectivity index (χ4n) is 3.49. The highest BCUT2D eigenvalue weighted by atomic mass is 35.5. The summed E-state index contributed by atoms with van der Waals surface area (Å²) in [4.78, 5) is 25.1. The Bertz CT molecular complexity index is 1190. The Kier molecular flexibility index (Phi) is 8.05. The summed E-state index contributed by atoms with van der Waals surface area (Å²) in [6.45, 7) is 7.79. The molecule has 0 radical (unpaired) electrons. The summed E-state index contributed by atoms with van der Waals surface area (Å²) in [7, 11) is 1.80. The van der Waals surface area contributed by atoms with E-state index in [2.05, 4.69) is 20.8 Å². The van der Waals surface area contributed by atoms with Crippen LogP contribution in [0.2, 0.25) is 10.0 Å². The quantitative estimate of drug-likeness (QED) is 0.427. The number of aryl methyl sites for hydroxylation is 3. The first-order valence-corrected chi connectivity index (χ1v) is 12.0. The van der Waals surface area contributed by atoms with Gasteiger partial charge in [0.2, 0.25) is 5.91 Å². The number of thioether (sulfide) groups is 1. The summed E-state index contributed by atoms with van der Waals surface area (Å²) in [6, 6.07) is 8.36. The molecule has 0 aliphatic rings. The lowest BCUT2D eigenvalue weighted by Crippen LogP contribution is -2.28. The lowest BCUT2D eigenvalue weighted by atomic mass is 10.1. The van der Waals surface area contributed by atoms with E-state index in [0.717, 1.165) is 22.4 Å². The van der Waals surface area contributed by atoms with Crippen LogP contribution >= 0.6 is 35.0 Å². The molecule has 0 saturated heterocycles. The van der Waals surface area contributed by atoms with Crippen molar-refractivity contribution in [1.82, 2.24) is 20.1 Å². The molecular formula is C23H25Cl2N5O2S. The highest BCUT2D eigenvalue weighted by Crippen LogP contribution is 2.25. The predicted molar refractivity (Wildman–Crippen MR) is 133 cm³/mol. The molecule has 10 heteroatoms. The fraction of sp³-hybridized carbons (Fsp3) is 0.304. The van der Waals surface area contributed by atoms with E-state index in [4.69, 9.17) is 23.2 Å². The third-order valence-electron chi connectivity index (χ3n) is 5.06. The largest absolute Gasteiger partial charge is 0.342 e. The number of aromatic nitrogens is 3. The average molecular weight is 506 g/mol. The van der Waals surface area contributed by atoms with Gasteiger partial charge in [-0.3, -0.25) is 9.59 Å². The van der Waals surface area contributed by atoms with Gasteiger partial charge in [-0.2, -0.15) is 0 Å². The topological polar surface area (TPSA) is 88.9 Å². The molecule has 1 atom stereocenters. The Morgan fingerprint density at radius 3 is 2.36 bits per heavy atom. The molecule has 7 nitrogen and oxygen atoms in total. The van der Waals surface area contributed by atoms with Crippen molar-refractivity contribution < 1.29 is 9.59 Å². The Morgan fingerprint density at radius 2 is 1.73 bits per heavy atom. The maximum absolute atomic E-state index is 12.5. The molecule has 0 aliphatic heterocycles. The minimum Gasteiger partial charge on any atom is -0.342 e. The summed E-state index contributed by atoms with van der Waals surface area (Å²) < 4.78 is 1.76. The van der Waals surface area contributed by atoms with Crippen LogP contribution in [0.25, 0.3) is 0 Å². The second-order valence-corrected chi connectivity index (χ2v) is 9.59. The van der Waals surface area contributed by atoms with Crippen molar-refractivity contribution in [2.75, 3.05) is 11.1 Å². The number of amides is 2. The molecule has 0 unspecified atom stereocenters. The highest BCUT2D eigenvalue weighted by Gasteiger charge is 2.20. The number of halogens is 2. The summed E-state index contributed by atoms with van der Waals surface area (Å²) in [5, 5.41) is 15.5. The van der Waals surface area contributed by atoms with Gasteiger partial charge in [0.05, 0.1) is 21.8 Å². The van der Waals surface area contributed by atoms with Gasteiger partial charge < -0.3 is 15.2 Å². The normalized spacial score (nSPS) is 11.8. The molecule has 2 amide bonds. The number of nitrogens with zero attached hydrogens (tertiary/aromatic N) is 3. The molecule has 0 spiro atoms. The predicted octanol–water partition coefficient (Wildman–Crippen LogP) is 5.27. The van der Waals surface area contributed by atoms with Gasteiger partial charge in [0.15, 0.2) is 11.0 Å². The van der Waals surface area contributed by atoms with Crippen molar-refractivity contribution >= 4 is 52.5 Å². The third-order valence-corrected chi connectivity index (χ3v) is 6.82. The van der Waals surface area contributed by atoms with Gasteiger partial charge in [0, 0.05) is 18.3 Å². The third kappa shape index (κ3) is 6.07. The molecule has 0 saturated carbocycles. The van der Waals surface area contributed by atoms with E-state index in [-0.39, 0.29) is 17.6 Å². The minimum absolute atomic E-state index is 0.124. The Morgan fingerprint density at radius 1 is 1.06 bits per heavy atom. The van der Waals surface area contributed by atoms with Gasteiger partial charge in [0.1, 0.15) is 0 Å². The van der Waals surface area contributed by atoms with Gasteiger partial charge in [-0.05, 0) is 57.0 Å². The number of anilines is 1. The van der Waals surface area contributed by atoms with Crippen molar-refractivity contribution in [1.29, 1.82) is 0 Å². The van der Waals surface area contributed by atoms with Gasteiger partial charge in [-0.25, -0.2) is 0 Å². The minimum atomic E-state index is -0.412. The standard InChI is InChI=1S/C23H25Cl2N5O2S/c1-12-8-13(2)20(14(3)9-12)27-19(31)11-33-23-29-28-21(30(23)5)15(4)26-22(32)16-6-7-17(24)18(25)10-16/h6-10,15H,11H2,1-5H3,(H,26,32)(H,27,31)/t15-/m0/s1. The van der Waals surface area contributed by atoms with Crippen LogP contribution < -0.4 is 10.6 Å². The lowest BCUT2D eigenvalue weighted by molar-refractivity contribution is -0.113. The van der Waals surface area contributed by atoms with Gasteiger partial charge in [0.25, 0.3) is 5.91 Å². The zero-order valence-electron chi connectivity index (χ0n) is 19.0. The maximum Gasteiger partial charge on any atom is 0.251 e. The summed E-state index contributed by atoms with van der Waals surface area (Å²) in [5.74, 6) is 0.321. The van der Waals surface area contributed by atoms with Crippen molar-refractivity contribution in [3.63, 3.8) is 0 Å². The van der Waals surface area contributed by atoms with Gasteiger partial charge in [-0.15, -0.1) is 10.2 Å². The smallest absolute Gasteiger partial charge is 0.251 e. The van der Waals surface area contributed by atoms with Crippen LogP contribution in [-0.2, 0) is 11.8 Å². The van der Waals surface area contributed by atoms with Crippen molar-refractivity contribution in [3.05, 3.63) is 68.5 Å². The van der Waals surface area contributed by atoms with E-state index in [9.17, 15) is 9.59 Å². The maximum atomic E-state index is 12.5. The molecular weight excluding hydrogens is 481 g/mol. The van der Waals surface area contributed by atoms with Crippen LogP contribution in [0.4, 0.5) is 5.69 Å². The van der Waals surface area contributed by atoms with E-state index < -0.39 is 6.04 Å². The Hall–Kier alpha value is -2.55. The number of benzene rings is 2. The van der Waals surface area contributed by atoms with E-state index >= 15 is 0 Å². The second kappa shape index (κ2) is 10.6. The molecule has 2 N–H and O–H groups in total. The molecule has 3 rings (SSSR count). The number of rotatable bonds is 7. The molecule has 1 heterocycles. The average Bonchev–Trinajstić information content (AvgIpc) is 3.11. The monoisotopic (exact) mass is 505 g/mol. The first-order valence-electron chi connectivity index (χ1n) is 10.2. The fourth-order valence-corrected chi connectivity index (χ4v) is 4.51. The van der Waals surface area contributed by atoms with Crippen molar-refractivity contribution in [3.8, 4) is 0 Å². The Labute approximate surface area is 207 Å². The van der Waals surface area contributed by atoms with E-state index in [1.54, 1.807) is 23.7 Å². The summed E-state index contributed by atoms with van der Waals surface area (Å²) >= 11 is 13.2. The molecule has 174 valence electrons. The molecule has 3 aromatic rings. The van der Waals surface area contributed by atoms with E-state index in [0.29, 0.717) is 26.6 Å². The number of carbonyl (C=O) groups is 2. The first kappa shape index (κ1) is 25.1. The second-order valence-electron chi connectivity index (χ2n) is 7.83. The molecule has 1 aromatic heterocycles. The van der Waals surface area contributed by atoms with Crippen LogP contribution in [-0.4, -0.2) is 32.3 Å². The van der Waals surface area contributed by atoms with E-state index in [1.165, 1.54) is 17.8 Å². The SMILES string of the molecule is Cc1cc(C)c(NC(=O)CSc2nnc([C@H](C)NC(=O)c3ccc(Cl)c(Cl)c3)n2C)c(C)c1. The van der Waals surface area contributed by atoms with Crippen LogP contribution in [0, 0.1) is 20.8 Å². The van der Waals surface area contributed by atoms with Crippen LogP contribution in [0.15, 0.2) is 35.5 Å². The molecule has 0 fully saturated rings. The van der Waals surface area contributed by atoms with Crippen molar-refractivity contribution in [2.45, 2.75) is 38.9 Å². The molecule has 0 aliphatic carbocycles. The Balaban J connectivity index is 1.61. The molecule has 0 bridgehead atoms. The van der Waals surface area contributed by atoms with Gasteiger partial charge in [-0.1, -0.05) is 52.7 Å².